The Kier molecular flexibility index (Phi) is 9.78. The lowest BCUT2D eigenvalue weighted by molar-refractivity contribution is -0.127. The Hall–Kier alpha value is -2.35. The zero-order valence-electron chi connectivity index (χ0n) is 19.9. The minimum atomic E-state index is -0.00129. The van der Waals surface area contributed by atoms with Crippen molar-refractivity contribution in [3.63, 3.8) is 0 Å². The van der Waals surface area contributed by atoms with Gasteiger partial charge in [-0.3, -0.25) is 4.79 Å². The molecule has 1 aliphatic rings. The summed E-state index contributed by atoms with van der Waals surface area (Å²) in [5.74, 6) is 0.753. The van der Waals surface area contributed by atoms with Crippen LogP contribution in [0.3, 0.4) is 0 Å². The van der Waals surface area contributed by atoms with E-state index in [0.29, 0.717) is 13.2 Å². The van der Waals surface area contributed by atoms with Gasteiger partial charge >= 0.3 is 0 Å². The molecular weight excluding hydrogens is 436 g/mol. The number of rotatable bonds is 12. The third kappa shape index (κ3) is 6.82. The van der Waals surface area contributed by atoms with Crippen molar-refractivity contribution in [1.82, 2.24) is 4.98 Å². The second-order valence-electron chi connectivity index (χ2n) is 8.03. The third-order valence-electron chi connectivity index (χ3n) is 5.64. The van der Waals surface area contributed by atoms with Crippen LogP contribution < -0.4 is 10.1 Å². The Morgan fingerprint density at radius 2 is 2.06 bits per heavy atom. The second kappa shape index (κ2) is 12.8. The topological polar surface area (TPSA) is 69.7 Å². The molecule has 6 nitrogen and oxygen atoms in total. The highest BCUT2D eigenvalue weighted by atomic mass is 32.2. The Morgan fingerprint density at radius 1 is 1.24 bits per heavy atom. The van der Waals surface area contributed by atoms with Gasteiger partial charge in [0.25, 0.3) is 0 Å². The highest BCUT2D eigenvalue weighted by molar-refractivity contribution is 8.10. The molecule has 33 heavy (non-hydrogen) atoms. The van der Waals surface area contributed by atoms with Crippen molar-refractivity contribution in [3.05, 3.63) is 47.5 Å². The molecule has 1 heterocycles. The van der Waals surface area contributed by atoms with E-state index in [0.717, 1.165) is 58.6 Å². The number of thioether (sulfide) groups is 1. The Balaban J connectivity index is 1.85. The van der Waals surface area contributed by atoms with E-state index in [4.69, 9.17) is 19.2 Å². The van der Waals surface area contributed by atoms with Gasteiger partial charge in [-0.15, -0.1) is 0 Å². The smallest absolute Gasteiger partial charge is 0.227 e. The summed E-state index contributed by atoms with van der Waals surface area (Å²) in [4.78, 5) is 18.5. The van der Waals surface area contributed by atoms with E-state index < -0.39 is 0 Å². The van der Waals surface area contributed by atoms with Gasteiger partial charge in [0.2, 0.25) is 5.91 Å². The van der Waals surface area contributed by atoms with Crippen LogP contribution in [0.2, 0.25) is 0 Å². The molecule has 2 aromatic rings. The van der Waals surface area contributed by atoms with Gasteiger partial charge in [0.05, 0.1) is 23.9 Å². The van der Waals surface area contributed by atoms with Crippen molar-refractivity contribution in [2.45, 2.75) is 45.6 Å². The highest BCUT2D eigenvalue weighted by Gasteiger charge is 2.34. The summed E-state index contributed by atoms with van der Waals surface area (Å²) in [6.07, 6.45) is 8.15. The molecule has 1 saturated carbocycles. The summed E-state index contributed by atoms with van der Waals surface area (Å²) >= 11 is 1.66. The average Bonchev–Trinajstić information content (AvgIpc) is 2.78. The number of ether oxygens (including phenoxy) is 3. The average molecular weight is 471 g/mol. The van der Waals surface area contributed by atoms with Crippen molar-refractivity contribution >= 4 is 39.2 Å². The molecule has 1 amide bonds. The molecule has 7 heteroatoms. The van der Waals surface area contributed by atoms with Crippen LogP contribution in [0.1, 0.15) is 45.2 Å². The van der Waals surface area contributed by atoms with Crippen LogP contribution in [0.25, 0.3) is 15.8 Å². The fraction of sp³-hybridized carbons (Fsp3) is 0.462. The Morgan fingerprint density at radius 3 is 2.76 bits per heavy atom. The number of hydrogen-bond acceptors (Lipinski definition) is 6. The first-order valence-corrected chi connectivity index (χ1v) is 12.4. The molecule has 0 unspecified atom stereocenters. The van der Waals surface area contributed by atoms with E-state index in [9.17, 15) is 4.79 Å². The number of unbranched alkanes of at least 4 members (excludes halogenated alkanes) is 1. The van der Waals surface area contributed by atoms with E-state index in [1.54, 1.807) is 26.0 Å². The minimum absolute atomic E-state index is 0.00129. The van der Waals surface area contributed by atoms with Gasteiger partial charge in [0, 0.05) is 42.2 Å². The number of nitrogens with one attached hydrogen (secondary N) is 1. The predicted molar refractivity (Wildman–Crippen MR) is 137 cm³/mol. The summed E-state index contributed by atoms with van der Waals surface area (Å²) in [5, 5.41) is 6.01. The number of nitrogens with zero attached hydrogens (tertiary/aromatic N) is 1. The maximum Gasteiger partial charge on any atom is 0.227 e. The van der Waals surface area contributed by atoms with Crippen LogP contribution in [0, 0.1) is 5.92 Å². The first kappa shape index (κ1) is 25.3. The summed E-state index contributed by atoms with van der Waals surface area (Å²) in [7, 11) is 3.34. The van der Waals surface area contributed by atoms with E-state index in [-0.39, 0.29) is 17.9 Å². The number of benzene rings is 1. The molecule has 0 radical (unpaired) electrons. The molecular formula is C26H34N2O4S. The fourth-order valence-electron chi connectivity index (χ4n) is 3.60. The maximum absolute atomic E-state index is 12.6. The van der Waals surface area contributed by atoms with Gasteiger partial charge in [-0.05, 0) is 49.8 Å². The van der Waals surface area contributed by atoms with Gasteiger partial charge in [-0.1, -0.05) is 37.3 Å². The number of fused-ring (bicyclic) bond motifs is 1. The summed E-state index contributed by atoms with van der Waals surface area (Å²) in [6, 6.07) is 7.73. The molecule has 3 rings (SSSR count). The van der Waals surface area contributed by atoms with Crippen LogP contribution >= 0.6 is 11.8 Å². The lowest BCUT2D eigenvalue weighted by Gasteiger charge is -2.32. The first-order valence-electron chi connectivity index (χ1n) is 11.5. The van der Waals surface area contributed by atoms with E-state index in [2.05, 4.69) is 29.8 Å². The van der Waals surface area contributed by atoms with Crippen LogP contribution in [0.4, 0.5) is 5.69 Å². The lowest BCUT2D eigenvalue weighted by atomic mass is 9.81. The second-order valence-corrected chi connectivity index (χ2v) is 8.97. The zero-order valence-corrected chi connectivity index (χ0v) is 20.7. The molecule has 178 valence electrons. The van der Waals surface area contributed by atoms with Crippen molar-refractivity contribution in [2.75, 3.05) is 32.8 Å². The maximum atomic E-state index is 12.6. The third-order valence-corrected chi connectivity index (χ3v) is 6.67. The summed E-state index contributed by atoms with van der Waals surface area (Å²) in [6.45, 7) is 5.10. The van der Waals surface area contributed by atoms with Gasteiger partial charge in [-0.2, -0.15) is 0 Å². The number of aromatic nitrogens is 1. The number of carbonyl (C=O) groups excluding carboxylic acids is 1. The zero-order chi connectivity index (χ0) is 23.6. The number of carbonyl (C=O) groups is 1. The van der Waals surface area contributed by atoms with Crippen molar-refractivity contribution in [1.29, 1.82) is 0 Å². The number of pyridine rings is 1. The van der Waals surface area contributed by atoms with E-state index >= 15 is 0 Å². The molecule has 1 aromatic heterocycles. The SMILES string of the molecule is C/C=C(\S/C=C/CCC)c1cc(OCCOC)c2cc(NC(=O)[C@H]3C[C@H](OC)C3)ccc2n1. The van der Waals surface area contributed by atoms with Crippen LogP contribution in [0.15, 0.2) is 41.8 Å². The number of methoxy groups -OCH3 is 2. The highest BCUT2D eigenvalue weighted by Crippen LogP contribution is 2.35. The van der Waals surface area contributed by atoms with Crippen LogP contribution in [0.5, 0.6) is 5.75 Å². The van der Waals surface area contributed by atoms with Crippen LogP contribution in [-0.4, -0.2) is 44.4 Å². The number of allylic oxidation sites excluding steroid dienone is 2. The number of anilines is 1. The Labute approximate surface area is 200 Å². The predicted octanol–water partition coefficient (Wildman–Crippen LogP) is 6.03. The Bertz CT molecular complexity index is 999. The molecule has 1 aromatic carbocycles. The molecule has 1 aliphatic carbocycles. The summed E-state index contributed by atoms with van der Waals surface area (Å²) < 4.78 is 16.5. The fourth-order valence-corrected chi connectivity index (χ4v) is 4.34. The minimum Gasteiger partial charge on any atom is -0.490 e. The molecule has 0 saturated heterocycles. The monoisotopic (exact) mass is 470 g/mol. The van der Waals surface area contributed by atoms with Gasteiger partial charge in [0.1, 0.15) is 12.4 Å². The van der Waals surface area contributed by atoms with Gasteiger partial charge < -0.3 is 19.5 Å². The molecule has 1 N–H and O–H groups in total. The van der Waals surface area contributed by atoms with E-state index in [1.807, 2.05) is 31.2 Å². The van der Waals surface area contributed by atoms with E-state index in [1.165, 1.54) is 0 Å². The molecule has 1 fully saturated rings. The van der Waals surface area contributed by atoms with Crippen molar-refractivity contribution in [2.24, 2.45) is 5.92 Å². The van der Waals surface area contributed by atoms with Crippen molar-refractivity contribution < 1.29 is 19.0 Å². The van der Waals surface area contributed by atoms with Gasteiger partial charge in [-0.25, -0.2) is 4.98 Å². The summed E-state index contributed by atoms with van der Waals surface area (Å²) in [5.41, 5.74) is 2.42. The number of hydrogen-bond donors (Lipinski definition) is 1. The molecule has 0 atom stereocenters. The van der Waals surface area contributed by atoms with Gasteiger partial charge in [0.15, 0.2) is 0 Å². The quantitative estimate of drug-likeness (QED) is 0.382. The molecule has 0 bridgehead atoms. The normalized spacial score (nSPS) is 18.5. The standard InChI is InChI=1S/C26H34N2O4S/c1-5-7-8-13-33-25(6-2)23-17-24(32-12-11-30-3)21-16-19(9-10-22(21)28-23)27-26(29)18-14-20(15-18)31-4/h6,8-10,13,16-18,20H,5,7,11-12,14-15H2,1-4H3,(H,27,29)/b13-8+,25-6-/t18-,20-. The molecule has 0 spiro atoms. The largest absolute Gasteiger partial charge is 0.490 e. The first-order chi connectivity index (χ1) is 16.1. The van der Waals surface area contributed by atoms with Crippen LogP contribution in [-0.2, 0) is 14.3 Å². The molecule has 0 aliphatic heterocycles. The number of amides is 1. The van der Waals surface area contributed by atoms with Crippen molar-refractivity contribution in [3.8, 4) is 5.75 Å². The lowest BCUT2D eigenvalue weighted by Crippen LogP contribution is -2.38.